The monoisotopic (exact) mass is 400 g/mol. The molecule has 0 fully saturated rings. The van der Waals surface area contributed by atoms with Crippen molar-refractivity contribution in [2.45, 2.75) is 6.54 Å². The first-order chi connectivity index (χ1) is 9.69. The zero-order valence-corrected chi connectivity index (χ0v) is 13.4. The first-order valence-electron chi connectivity index (χ1n) is 5.87. The van der Waals surface area contributed by atoms with E-state index < -0.39 is 11.9 Å². The number of rotatable bonds is 3. The molecule has 0 radical (unpaired) electrons. The lowest BCUT2D eigenvalue weighted by atomic mass is 10.5. The molecule has 2 aromatic heterocycles. The molecule has 0 aliphatic rings. The Morgan fingerprint density at radius 2 is 2.19 bits per heavy atom. The van der Waals surface area contributed by atoms with Gasteiger partial charge in [-0.1, -0.05) is 0 Å². The number of hydrogen-bond acceptors (Lipinski definition) is 4. The van der Waals surface area contributed by atoms with Gasteiger partial charge in [-0.25, -0.2) is 9.59 Å². The van der Waals surface area contributed by atoms with Crippen LogP contribution in [0, 0.1) is 11.8 Å². The van der Waals surface area contributed by atoms with Gasteiger partial charge in [0.15, 0.2) is 19.0 Å². The molecule has 0 N–H and O–H groups in total. The highest BCUT2D eigenvalue weighted by Crippen LogP contribution is 1.99. The number of nitrogens with zero attached hydrogens (tertiary/aromatic N) is 2. The number of carbonyl (C=O) groups excluding carboxylic acids is 2. The van der Waals surface area contributed by atoms with Crippen LogP contribution >= 0.6 is 0 Å². The Labute approximate surface area is 138 Å². The number of halogens is 1. The Hall–Kier alpha value is -2.08. The van der Waals surface area contributed by atoms with Crippen molar-refractivity contribution in [2.24, 2.45) is 0 Å². The predicted molar refractivity (Wildman–Crippen MR) is 68.3 cm³/mol. The van der Waals surface area contributed by atoms with Gasteiger partial charge in [0.25, 0.3) is 0 Å². The van der Waals surface area contributed by atoms with E-state index in [4.69, 9.17) is 4.74 Å². The smallest absolute Gasteiger partial charge is 0.384 e. The minimum absolute atomic E-state index is 0. The van der Waals surface area contributed by atoms with Gasteiger partial charge in [-0.15, -0.1) is 0 Å². The van der Waals surface area contributed by atoms with Gasteiger partial charge in [-0.3, -0.25) is 0 Å². The summed E-state index contributed by atoms with van der Waals surface area (Å²) in [4.78, 5) is 22.3. The highest BCUT2D eigenvalue weighted by molar-refractivity contribution is 5.88. The van der Waals surface area contributed by atoms with E-state index in [0.29, 0.717) is 0 Å². The molecule has 0 aromatic carbocycles. The molecule has 2 rings (SSSR count). The lowest BCUT2D eigenvalue weighted by Gasteiger charge is -1.98. The van der Waals surface area contributed by atoms with Crippen LogP contribution in [-0.2, 0) is 25.6 Å². The van der Waals surface area contributed by atoms with Crippen molar-refractivity contribution < 1.29 is 47.6 Å². The molecule has 2 heterocycles. The molecule has 0 spiro atoms. The van der Waals surface area contributed by atoms with E-state index in [1.165, 1.54) is 7.11 Å². The van der Waals surface area contributed by atoms with E-state index in [2.05, 4.69) is 16.6 Å². The maximum Gasteiger partial charge on any atom is 0.384 e. The molecule has 0 aliphatic heterocycles. The van der Waals surface area contributed by atoms with E-state index in [-0.39, 0.29) is 37.1 Å². The normalized spacial score (nSPS) is 9.19. The van der Waals surface area contributed by atoms with E-state index in [0.717, 1.165) is 5.52 Å². The Balaban J connectivity index is 0.00000220. The molecule has 0 atom stereocenters. The van der Waals surface area contributed by atoms with Crippen molar-refractivity contribution in [2.75, 3.05) is 13.7 Å². The largest absolute Gasteiger partial charge is 1.00 e. The van der Waals surface area contributed by atoms with E-state index in [9.17, 15) is 9.59 Å². The van der Waals surface area contributed by atoms with Gasteiger partial charge in [-0.2, -0.15) is 4.57 Å². The molecular formula is C14H13IN2O4. The van der Waals surface area contributed by atoms with E-state index in [1.54, 1.807) is 10.8 Å². The second kappa shape index (κ2) is 8.26. The molecule has 0 bridgehead atoms. The lowest BCUT2D eigenvalue weighted by molar-refractivity contribution is -0.685. The molecule has 0 amide bonds. The van der Waals surface area contributed by atoms with Gasteiger partial charge in [0.2, 0.25) is 6.54 Å². The summed E-state index contributed by atoms with van der Waals surface area (Å²) in [6, 6.07) is 3.85. The predicted octanol–water partition coefficient (Wildman–Crippen LogP) is -3.05. The summed E-state index contributed by atoms with van der Waals surface area (Å²) in [6.07, 6.45) is 7.37. The first-order valence-corrected chi connectivity index (χ1v) is 5.87. The van der Waals surface area contributed by atoms with Gasteiger partial charge in [0.1, 0.15) is 5.52 Å². The maximum absolute atomic E-state index is 11.6. The number of ether oxygens (including phenoxy) is 2. The standard InChI is InChI=1S/C14H13N2O4.HI/c1-19-13(17)5-3-9-20-14(18)11-15-7-8-16-6-2-4-12(16)10-15;/h2,4,6-8,10H,9,11H2,1H3;1H/q+1;/p-1. The number of fused-ring (bicyclic) bond motifs is 1. The molecule has 110 valence electrons. The van der Waals surface area contributed by atoms with Crippen LogP contribution in [0.3, 0.4) is 0 Å². The SMILES string of the molecule is COC(=O)C#CCOC(=O)C[n+]1ccn2cccc2c1.[I-]. The van der Waals surface area contributed by atoms with Gasteiger partial charge in [0.05, 0.1) is 13.3 Å². The van der Waals surface area contributed by atoms with Crippen LogP contribution in [0.4, 0.5) is 0 Å². The van der Waals surface area contributed by atoms with Gasteiger partial charge in [0, 0.05) is 12.1 Å². The van der Waals surface area contributed by atoms with Crippen molar-refractivity contribution in [1.29, 1.82) is 0 Å². The third-order valence-corrected chi connectivity index (χ3v) is 2.52. The van der Waals surface area contributed by atoms with Crippen LogP contribution in [0.5, 0.6) is 0 Å². The Kier molecular flexibility index (Phi) is 6.68. The summed E-state index contributed by atoms with van der Waals surface area (Å²) < 4.78 is 12.9. The van der Waals surface area contributed by atoms with Gasteiger partial charge >= 0.3 is 11.9 Å². The summed E-state index contributed by atoms with van der Waals surface area (Å²) in [5.74, 6) is 3.49. The number of carbonyl (C=O) groups is 2. The Morgan fingerprint density at radius 1 is 1.38 bits per heavy atom. The van der Waals surface area contributed by atoms with E-state index in [1.807, 2.05) is 35.1 Å². The first kappa shape index (κ1) is 17.0. The van der Waals surface area contributed by atoms with Crippen LogP contribution in [0.15, 0.2) is 36.9 Å². The second-order valence-corrected chi connectivity index (χ2v) is 3.89. The van der Waals surface area contributed by atoms with Crippen molar-refractivity contribution in [1.82, 2.24) is 4.40 Å². The zero-order valence-electron chi connectivity index (χ0n) is 11.3. The van der Waals surface area contributed by atoms with Crippen molar-refractivity contribution >= 4 is 17.5 Å². The van der Waals surface area contributed by atoms with Crippen molar-refractivity contribution in [3.05, 3.63) is 36.9 Å². The Bertz CT molecular complexity index is 700. The number of aromatic nitrogens is 2. The highest BCUT2D eigenvalue weighted by Gasteiger charge is 2.10. The number of esters is 2. The van der Waals surface area contributed by atoms with Gasteiger partial charge < -0.3 is 37.9 Å². The summed E-state index contributed by atoms with van der Waals surface area (Å²) in [5.41, 5.74) is 0.978. The second-order valence-electron chi connectivity index (χ2n) is 3.89. The lowest BCUT2D eigenvalue weighted by Crippen LogP contribution is -3.00. The molecule has 0 saturated heterocycles. The van der Waals surface area contributed by atoms with Crippen molar-refractivity contribution in [3.63, 3.8) is 0 Å². The molecular weight excluding hydrogens is 387 g/mol. The third-order valence-electron chi connectivity index (χ3n) is 2.52. The van der Waals surface area contributed by atoms with Crippen LogP contribution in [0.25, 0.3) is 5.52 Å². The minimum Gasteiger partial charge on any atom is -1.00 e. The molecule has 21 heavy (non-hydrogen) atoms. The van der Waals surface area contributed by atoms with Crippen molar-refractivity contribution in [3.8, 4) is 11.8 Å². The van der Waals surface area contributed by atoms with Crippen LogP contribution in [0.2, 0.25) is 0 Å². The van der Waals surface area contributed by atoms with E-state index >= 15 is 0 Å². The minimum atomic E-state index is -0.658. The average molecular weight is 400 g/mol. The average Bonchev–Trinajstić information content (AvgIpc) is 2.90. The summed E-state index contributed by atoms with van der Waals surface area (Å²) in [6.45, 7) is -0.0521. The highest BCUT2D eigenvalue weighted by atomic mass is 127. The summed E-state index contributed by atoms with van der Waals surface area (Å²) >= 11 is 0. The topological polar surface area (TPSA) is 60.9 Å². The van der Waals surface area contributed by atoms with Crippen LogP contribution in [0.1, 0.15) is 0 Å². The summed E-state index contributed by atoms with van der Waals surface area (Å²) in [7, 11) is 1.23. The molecule has 7 heteroatoms. The molecule has 0 unspecified atom stereocenters. The molecule has 6 nitrogen and oxygen atoms in total. The van der Waals surface area contributed by atoms with Crippen LogP contribution in [-0.4, -0.2) is 30.1 Å². The van der Waals surface area contributed by atoms with Gasteiger partial charge in [-0.05, 0) is 18.1 Å². The quantitative estimate of drug-likeness (QED) is 0.181. The molecule has 2 aromatic rings. The van der Waals surface area contributed by atoms with Crippen LogP contribution < -0.4 is 28.5 Å². The fraction of sp³-hybridized carbons (Fsp3) is 0.214. The molecule has 0 aliphatic carbocycles. The number of hydrogen-bond donors (Lipinski definition) is 0. The zero-order chi connectivity index (χ0) is 14.4. The molecule has 0 saturated carbocycles. The fourth-order valence-electron chi connectivity index (χ4n) is 1.59. The Morgan fingerprint density at radius 3 is 2.95 bits per heavy atom. The maximum atomic E-state index is 11.6. The third kappa shape index (κ3) is 5.07. The summed E-state index contributed by atoms with van der Waals surface area (Å²) in [5, 5.41) is 0. The number of methoxy groups -OCH3 is 1. The fourth-order valence-corrected chi connectivity index (χ4v) is 1.59.